The van der Waals surface area contributed by atoms with Crippen molar-refractivity contribution >= 4 is 11.9 Å². The van der Waals surface area contributed by atoms with E-state index in [2.05, 4.69) is 0 Å². The van der Waals surface area contributed by atoms with Crippen molar-refractivity contribution in [1.82, 2.24) is 4.57 Å². The standard InChI is InChI=1S/C23H27NO7/c1-13(2)18-8-15-9-21(30-7-5-6-29-4)22(31-14(3)25)10-16(15)19-11-20(26)17(23(27)28)12-24(18)19/h9-13,18H,5-8H2,1-4H3,(H,27,28). The zero-order valence-electron chi connectivity index (χ0n) is 18.1. The number of rotatable bonds is 8. The molecule has 2 aromatic rings. The minimum atomic E-state index is -1.26. The topological polar surface area (TPSA) is 104 Å². The summed E-state index contributed by atoms with van der Waals surface area (Å²) in [6, 6.07) is 4.83. The van der Waals surface area contributed by atoms with Crippen LogP contribution in [0, 0.1) is 5.92 Å². The molecule has 1 aromatic carbocycles. The van der Waals surface area contributed by atoms with E-state index in [9.17, 15) is 19.5 Å². The van der Waals surface area contributed by atoms with Crippen molar-refractivity contribution in [2.24, 2.45) is 5.92 Å². The molecular formula is C23H27NO7. The lowest BCUT2D eigenvalue weighted by molar-refractivity contribution is -0.132. The average Bonchev–Trinajstić information content (AvgIpc) is 2.69. The lowest BCUT2D eigenvalue weighted by Crippen LogP contribution is -2.28. The van der Waals surface area contributed by atoms with Gasteiger partial charge in [0.15, 0.2) is 16.9 Å². The molecule has 0 aliphatic carbocycles. The van der Waals surface area contributed by atoms with Gasteiger partial charge in [0.1, 0.15) is 5.56 Å². The van der Waals surface area contributed by atoms with Crippen LogP contribution in [0.15, 0.2) is 29.2 Å². The number of nitrogens with zero attached hydrogens (tertiary/aromatic N) is 1. The molecule has 166 valence electrons. The first kappa shape index (κ1) is 22.6. The monoisotopic (exact) mass is 429 g/mol. The number of carbonyl (C=O) groups excluding carboxylic acids is 1. The van der Waals surface area contributed by atoms with Crippen LogP contribution >= 0.6 is 0 Å². The Morgan fingerprint density at radius 3 is 2.55 bits per heavy atom. The highest BCUT2D eigenvalue weighted by Gasteiger charge is 2.29. The maximum atomic E-state index is 12.4. The van der Waals surface area contributed by atoms with Crippen molar-refractivity contribution in [2.45, 2.75) is 39.7 Å². The normalized spacial score (nSPS) is 14.7. The number of hydrogen-bond donors (Lipinski definition) is 1. The molecule has 1 N–H and O–H groups in total. The molecule has 0 spiro atoms. The van der Waals surface area contributed by atoms with Gasteiger partial charge in [-0.25, -0.2) is 4.79 Å². The maximum absolute atomic E-state index is 12.4. The number of esters is 1. The fourth-order valence-electron chi connectivity index (χ4n) is 3.82. The summed E-state index contributed by atoms with van der Waals surface area (Å²) in [5.41, 5.74) is 1.42. The van der Waals surface area contributed by atoms with E-state index < -0.39 is 17.4 Å². The van der Waals surface area contributed by atoms with Crippen molar-refractivity contribution in [2.75, 3.05) is 20.3 Å². The molecule has 2 heterocycles. The molecule has 0 saturated carbocycles. The van der Waals surface area contributed by atoms with Gasteiger partial charge in [-0.1, -0.05) is 13.8 Å². The predicted octanol–water partition coefficient (Wildman–Crippen LogP) is 3.31. The van der Waals surface area contributed by atoms with Crippen LogP contribution in [0.25, 0.3) is 11.3 Å². The summed E-state index contributed by atoms with van der Waals surface area (Å²) < 4.78 is 18.1. The van der Waals surface area contributed by atoms with Crippen molar-refractivity contribution in [1.29, 1.82) is 0 Å². The number of hydrogen-bond acceptors (Lipinski definition) is 6. The molecule has 1 aromatic heterocycles. The van der Waals surface area contributed by atoms with Gasteiger partial charge in [-0.05, 0) is 30.0 Å². The predicted molar refractivity (Wildman–Crippen MR) is 114 cm³/mol. The molecular weight excluding hydrogens is 402 g/mol. The zero-order chi connectivity index (χ0) is 22.7. The van der Waals surface area contributed by atoms with Gasteiger partial charge in [0.05, 0.1) is 12.3 Å². The summed E-state index contributed by atoms with van der Waals surface area (Å²) in [7, 11) is 1.62. The third-order valence-electron chi connectivity index (χ3n) is 5.32. The summed E-state index contributed by atoms with van der Waals surface area (Å²) in [6.07, 6.45) is 2.71. The van der Waals surface area contributed by atoms with Gasteiger partial charge in [0.25, 0.3) is 0 Å². The van der Waals surface area contributed by atoms with E-state index in [-0.39, 0.29) is 23.3 Å². The molecule has 1 atom stereocenters. The molecule has 8 heteroatoms. The Balaban J connectivity index is 2.14. The number of methoxy groups -OCH3 is 1. The number of fused-ring (bicyclic) bond motifs is 3. The molecule has 0 saturated heterocycles. The number of pyridine rings is 1. The first-order valence-electron chi connectivity index (χ1n) is 10.2. The van der Waals surface area contributed by atoms with Crippen LogP contribution in [-0.2, 0) is 16.0 Å². The van der Waals surface area contributed by atoms with Crippen molar-refractivity contribution in [3.05, 3.63) is 45.7 Å². The Labute approximate surface area is 180 Å². The molecule has 0 fully saturated rings. The second kappa shape index (κ2) is 9.34. The zero-order valence-corrected chi connectivity index (χ0v) is 18.1. The highest BCUT2D eigenvalue weighted by Crippen LogP contribution is 2.42. The first-order chi connectivity index (χ1) is 14.7. The highest BCUT2D eigenvalue weighted by molar-refractivity contribution is 5.88. The largest absolute Gasteiger partial charge is 0.490 e. The van der Waals surface area contributed by atoms with E-state index in [0.29, 0.717) is 43.1 Å². The van der Waals surface area contributed by atoms with Crippen LogP contribution in [0.4, 0.5) is 0 Å². The molecule has 0 amide bonds. The van der Waals surface area contributed by atoms with Crippen LogP contribution < -0.4 is 14.9 Å². The van der Waals surface area contributed by atoms with Crippen LogP contribution in [0.5, 0.6) is 11.5 Å². The van der Waals surface area contributed by atoms with E-state index in [1.54, 1.807) is 13.2 Å². The Bertz CT molecular complexity index is 1050. The molecule has 8 nitrogen and oxygen atoms in total. The van der Waals surface area contributed by atoms with E-state index in [4.69, 9.17) is 14.2 Å². The lowest BCUT2D eigenvalue weighted by atomic mass is 9.87. The fourth-order valence-corrected chi connectivity index (χ4v) is 3.82. The van der Waals surface area contributed by atoms with Gasteiger partial charge in [0.2, 0.25) is 0 Å². The van der Waals surface area contributed by atoms with Gasteiger partial charge in [0, 0.05) is 50.9 Å². The fraction of sp³-hybridized carbons (Fsp3) is 0.435. The summed E-state index contributed by atoms with van der Waals surface area (Å²) in [5.74, 6) is -0.848. The number of benzene rings is 1. The minimum absolute atomic E-state index is 0.0397. The Morgan fingerprint density at radius 2 is 1.94 bits per heavy atom. The van der Waals surface area contributed by atoms with Gasteiger partial charge < -0.3 is 23.9 Å². The van der Waals surface area contributed by atoms with Crippen LogP contribution in [0.1, 0.15) is 49.2 Å². The van der Waals surface area contributed by atoms with Crippen LogP contribution in [-0.4, -0.2) is 41.9 Å². The van der Waals surface area contributed by atoms with Crippen molar-refractivity contribution in [3.8, 4) is 22.8 Å². The lowest BCUT2D eigenvalue weighted by Gasteiger charge is -2.33. The van der Waals surface area contributed by atoms with Crippen molar-refractivity contribution < 1.29 is 28.9 Å². The number of ether oxygens (including phenoxy) is 3. The summed E-state index contributed by atoms with van der Waals surface area (Å²) in [5, 5.41) is 9.39. The number of carboxylic acids is 1. The molecule has 1 aliphatic rings. The second-order valence-electron chi connectivity index (χ2n) is 7.91. The first-order valence-corrected chi connectivity index (χ1v) is 10.2. The minimum Gasteiger partial charge on any atom is -0.490 e. The Morgan fingerprint density at radius 1 is 1.19 bits per heavy atom. The Kier molecular flexibility index (Phi) is 6.80. The Hall–Kier alpha value is -3.13. The van der Waals surface area contributed by atoms with Gasteiger partial charge in [-0.2, -0.15) is 0 Å². The number of carboxylic acid groups (broad SMARTS) is 1. The van der Waals surface area contributed by atoms with E-state index in [1.165, 1.54) is 19.2 Å². The third kappa shape index (κ3) is 4.80. The third-order valence-corrected chi connectivity index (χ3v) is 5.32. The molecule has 31 heavy (non-hydrogen) atoms. The SMILES string of the molecule is COCCCOc1cc2c(cc1OC(C)=O)-c1cc(=O)c(C(=O)O)cn1C(C(C)C)C2. The van der Waals surface area contributed by atoms with Crippen molar-refractivity contribution in [3.63, 3.8) is 0 Å². The molecule has 0 radical (unpaired) electrons. The summed E-state index contributed by atoms with van der Waals surface area (Å²) >= 11 is 0. The maximum Gasteiger partial charge on any atom is 0.341 e. The van der Waals surface area contributed by atoms with Gasteiger partial charge in [-0.15, -0.1) is 0 Å². The van der Waals surface area contributed by atoms with Gasteiger partial charge >= 0.3 is 11.9 Å². The summed E-state index contributed by atoms with van der Waals surface area (Å²) in [4.78, 5) is 35.6. The quantitative estimate of drug-likeness (QED) is 0.390. The molecule has 3 rings (SSSR count). The summed E-state index contributed by atoms with van der Waals surface area (Å²) in [6.45, 7) is 6.35. The molecule has 1 unspecified atom stereocenters. The van der Waals surface area contributed by atoms with Crippen LogP contribution in [0.3, 0.4) is 0 Å². The highest BCUT2D eigenvalue weighted by atomic mass is 16.6. The number of aromatic nitrogens is 1. The number of aromatic carboxylic acids is 1. The molecule has 0 bridgehead atoms. The van der Waals surface area contributed by atoms with E-state index >= 15 is 0 Å². The van der Waals surface area contributed by atoms with E-state index in [0.717, 1.165) is 5.56 Å². The number of carbonyl (C=O) groups is 2. The smallest absolute Gasteiger partial charge is 0.341 e. The van der Waals surface area contributed by atoms with Crippen LogP contribution in [0.2, 0.25) is 0 Å². The second-order valence-corrected chi connectivity index (χ2v) is 7.91. The van der Waals surface area contributed by atoms with Gasteiger partial charge in [-0.3, -0.25) is 9.59 Å². The van der Waals surface area contributed by atoms with E-state index in [1.807, 2.05) is 24.5 Å². The molecule has 1 aliphatic heterocycles. The average molecular weight is 429 g/mol.